The number of halogens is 1. The number of para-hydroxylation sites is 2. The quantitative estimate of drug-likeness (QED) is 0.470. The molecule has 2 aromatic carbocycles. The number of benzene rings is 2. The number of likely N-dealkylation sites (tertiary alicyclic amines) is 1. The van der Waals surface area contributed by atoms with Crippen molar-refractivity contribution in [2.75, 3.05) is 13.1 Å². The summed E-state index contributed by atoms with van der Waals surface area (Å²) in [5.41, 5.74) is 2.11. The second-order valence-electron chi connectivity index (χ2n) is 8.08. The fraction of sp³-hybridized carbons (Fsp3) is 0.304. The summed E-state index contributed by atoms with van der Waals surface area (Å²) in [6, 6.07) is 13.1. The van der Waals surface area contributed by atoms with E-state index in [-0.39, 0.29) is 36.2 Å². The molecule has 0 atom stereocenters. The van der Waals surface area contributed by atoms with Crippen LogP contribution < -0.4 is 11.2 Å². The number of piperidine rings is 1. The number of hydrogen-bond acceptors (Lipinski definition) is 4. The normalized spacial score (nSPS) is 15.0. The van der Waals surface area contributed by atoms with Crippen LogP contribution in [0.25, 0.3) is 21.9 Å². The first-order valence-corrected chi connectivity index (χ1v) is 11.4. The summed E-state index contributed by atoms with van der Waals surface area (Å²) >= 11 is 3.38. The predicted octanol–water partition coefficient (Wildman–Crippen LogP) is 3.06. The van der Waals surface area contributed by atoms with Gasteiger partial charge in [0, 0.05) is 36.6 Å². The van der Waals surface area contributed by atoms with Gasteiger partial charge in [0.05, 0.1) is 28.3 Å². The van der Waals surface area contributed by atoms with Crippen LogP contribution in [0.15, 0.2) is 62.9 Å². The van der Waals surface area contributed by atoms with Crippen molar-refractivity contribution in [2.24, 2.45) is 0 Å². The van der Waals surface area contributed by atoms with E-state index in [2.05, 4.69) is 25.9 Å². The van der Waals surface area contributed by atoms with Crippen molar-refractivity contribution in [3.8, 4) is 0 Å². The Labute approximate surface area is 191 Å². The van der Waals surface area contributed by atoms with Crippen LogP contribution in [-0.2, 0) is 11.3 Å². The monoisotopic (exact) mass is 495 g/mol. The number of amides is 1. The van der Waals surface area contributed by atoms with E-state index in [1.54, 1.807) is 12.1 Å². The molecule has 2 aromatic heterocycles. The number of aromatic amines is 1. The fourth-order valence-electron chi connectivity index (χ4n) is 4.47. The summed E-state index contributed by atoms with van der Waals surface area (Å²) in [5.74, 6) is 0.0102. The van der Waals surface area contributed by atoms with E-state index in [1.165, 1.54) is 10.9 Å². The Bertz CT molecular complexity index is 1430. The van der Waals surface area contributed by atoms with Crippen molar-refractivity contribution in [3.05, 3.63) is 74.1 Å². The molecule has 0 aliphatic carbocycles. The molecule has 0 radical (unpaired) electrons. The summed E-state index contributed by atoms with van der Waals surface area (Å²) in [7, 11) is 0. The first-order valence-electron chi connectivity index (χ1n) is 10.6. The Balaban J connectivity index is 1.24. The number of fused-ring (bicyclic) bond motifs is 2. The Kier molecular flexibility index (Phi) is 5.42. The highest BCUT2D eigenvalue weighted by Crippen LogP contribution is 2.25. The number of aryl methyl sites for hydroxylation is 1. The third-order valence-corrected chi connectivity index (χ3v) is 6.65. The molecule has 3 heterocycles. The van der Waals surface area contributed by atoms with Crippen molar-refractivity contribution in [1.82, 2.24) is 24.0 Å². The average Bonchev–Trinajstić information content (AvgIpc) is 3.14. The average molecular weight is 496 g/mol. The van der Waals surface area contributed by atoms with Crippen molar-refractivity contribution in [3.63, 3.8) is 0 Å². The zero-order valence-electron chi connectivity index (χ0n) is 17.3. The van der Waals surface area contributed by atoms with Gasteiger partial charge in [-0.05, 0) is 43.2 Å². The van der Waals surface area contributed by atoms with Gasteiger partial charge in [0.25, 0.3) is 5.56 Å². The van der Waals surface area contributed by atoms with Crippen LogP contribution in [0.3, 0.4) is 0 Å². The lowest BCUT2D eigenvalue weighted by molar-refractivity contribution is -0.132. The Hall–Kier alpha value is -3.20. The van der Waals surface area contributed by atoms with Gasteiger partial charge >= 0.3 is 5.69 Å². The minimum atomic E-state index is -0.151. The van der Waals surface area contributed by atoms with Crippen LogP contribution in [0.5, 0.6) is 0 Å². The van der Waals surface area contributed by atoms with Crippen LogP contribution in [0.1, 0.15) is 25.3 Å². The summed E-state index contributed by atoms with van der Waals surface area (Å²) in [4.78, 5) is 47.0. The van der Waals surface area contributed by atoms with E-state index in [0.717, 1.165) is 28.3 Å². The standard InChI is InChI=1S/C23H22BrN5O3/c24-15-5-6-18-17(13-15)22(31)28(14-25-18)12-9-21(30)27-10-7-16(8-11-27)29-20-4-2-1-3-19(20)26-23(29)32/h1-6,13-14,16H,7-12H2,(H,26,32). The van der Waals surface area contributed by atoms with Gasteiger partial charge in [0.2, 0.25) is 5.91 Å². The number of H-pyrrole nitrogens is 1. The van der Waals surface area contributed by atoms with Gasteiger partial charge in [-0.2, -0.15) is 0 Å². The maximum atomic E-state index is 12.8. The molecule has 1 fully saturated rings. The number of imidazole rings is 1. The lowest BCUT2D eigenvalue weighted by atomic mass is 10.0. The van der Waals surface area contributed by atoms with Crippen molar-refractivity contribution < 1.29 is 4.79 Å². The molecular weight excluding hydrogens is 474 g/mol. The van der Waals surface area contributed by atoms with Crippen LogP contribution in [0.4, 0.5) is 0 Å². The summed E-state index contributed by atoms with van der Waals surface area (Å²) in [5, 5.41) is 0.527. The number of carbonyl (C=O) groups is 1. The maximum Gasteiger partial charge on any atom is 0.326 e. The number of aromatic nitrogens is 4. The van der Waals surface area contributed by atoms with Crippen molar-refractivity contribution in [2.45, 2.75) is 31.8 Å². The molecule has 9 heteroatoms. The molecule has 1 N–H and O–H groups in total. The van der Waals surface area contributed by atoms with E-state index in [9.17, 15) is 14.4 Å². The summed E-state index contributed by atoms with van der Waals surface area (Å²) in [6.07, 6.45) is 3.18. The minimum Gasteiger partial charge on any atom is -0.342 e. The van der Waals surface area contributed by atoms with Crippen LogP contribution in [-0.4, -0.2) is 43.0 Å². The van der Waals surface area contributed by atoms with Crippen LogP contribution >= 0.6 is 15.9 Å². The molecule has 0 unspecified atom stereocenters. The zero-order valence-corrected chi connectivity index (χ0v) is 18.9. The van der Waals surface area contributed by atoms with Gasteiger partial charge in [-0.25, -0.2) is 9.78 Å². The van der Waals surface area contributed by atoms with Crippen molar-refractivity contribution >= 4 is 43.8 Å². The van der Waals surface area contributed by atoms with E-state index < -0.39 is 0 Å². The number of nitrogens with one attached hydrogen (secondary N) is 1. The number of carbonyl (C=O) groups excluding carboxylic acids is 1. The van der Waals surface area contributed by atoms with Gasteiger partial charge in [-0.15, -0.1) is 0 Å². The molecule has 1 amide bonds. The number of rotatable bonds is 4. The Morgan fingerprint density at radius 1 is 1.12 bits per heavy atom. The molecule has 5 rings (SSSR count). The Morgan fingerprint density at radius 3 is 2.72 bits per heavy atom. The molecule has 1 aliphatic rings. The molecule has 0 bridgehead atoms. The lowest BCUT2D eigenvalue weighted by Gasteiger charge is -2.32. The summed E-state index contributed by atoms with van der Waals surface area (Å²) < 4.78 is 4.12. The third kappa shape index (κ3) is 3.77. The van der Waals surface area contributed by atoms with Crippen LogP contribution in [0, 0.1) is 0 Å². The Morgan fingerprint density at radius 2 is 1.91 bits per heavy atom. The maximum absolute atomic E-state index is 12.8. The molecule has 8 nitrogen and oxygen atoms in total. The smallest absolute Gasteiger partial charge is 0.326 e. The number of hydrogen-bond donors (Lipinski definition) is 1. The molecule has 32 heavy (non-hydrogen) atoms. The van der Waals surface area contributed by atoms with Gasteiger partial charge in [-0.1, -0.05) is 28.1 Å². The zero-order chi connectivity index (χ0) is 22.2. The minimum absolute atomic E-state index is 0.0102. The van der Waals surface area contributed by atoms with Gasteiger partial charge in [0.1, 0.15) is 0 Å². The van der Waals surface area contributed by atoms with E-state index >= 15 is 0 Å². The molecule has 1 saturated heterocycles. The van der Waals surface area contributed by atoms with Gasteiger partial charge in [-0.3, -0.25) is 18.7 Å². The van der Waals surface area contributed by atoms with E-state index in [1.807, 2.05) is 39.8 Å². The molecule has 164 valence electrons. The molecular formula is C23H22BrN5O3. The highest BCUT2D eigenvalue weighted by atomic mass is 79.9. The first kappa shape index (κ1) is 20.7. The predicted molar refractivity (Wildman–Crippen MR) is 126 cm³/mol. The molecule has 0 saturated carbocycles. The first-order chi connectivity index (χ1) is 15.5. The van der Waals surface area contributed by atoms with E-state index in [4.69, 9.17) is 0 Å². The number of nitrogens with zero attached hydrogens (tertiary/aromatic N) is 4. The lowest BCUT2D eigenvalue weighted by Crippen LogP contribution is -2.41. The largest absolute Gasteiger partial charge is 0.342 e. The summed E-state index contributed by atoms with van der Waals surface area (Å²) in [6.45, 7) is 1.47. The third-order valence-electron chi connectivity index (χ3n) is 6.16. The van der Waals surface area contributed by atoms with E-state index in [0.29, 0.717) is 24.0 Å². The second kappa shape index (κ2) is 8.38. The topological polar surface area (TPSA) is 93.0 Å². The van der Waals surface area contributed by atoms with Crippen molar-refractivity contribution in [1.29, 1.82) is 0 Å². The SMILES string of the molecule is O=C(CCn1cnc2ccc(Br)cc2c1=O)N1CCC(n2c(=O)[nH]c3ccccc32)CC1. The molecule has 4 aromatic rings. The fourth-order valence-corrected chi connectivity index (χ4v) is 4.84. The van der Waals surface area contributed by atoms with Gasteiger partial charge in [0.15, 0.2) is 0 Å². The van der Waals surface area contributed by atoms with Crippen LogP contribution in [0.2, 0.25) is 0 Å². The second-order valence-corrected chi connectivity index (χ2v) is 9.00. The molecule has 1 aliphatic heterocycles. The van der Waals surface area contributed by atoms with Gasteiger partial charge < -0.3 is 9.88 Å². The molecule has 0 spiro atoms. The highest BCUT2D eigenvalue weighted by molar-refractivity contribution is 9.10. The highest BCUT2D eigenvalue weighted by Gasteiger charge is 2.26.